The van der Waals surface area contributed by atoms with E-state index >= 15 is 0 Å². The summed E-state index contributed by atoms with van der Waals surface area (Å²) in [6, 6.07) is -0.143. The van der Waals surface area contributed by atoms with Gasteiger partial charge in [-0.05, 0) is 40.2 Å². The van der Waals surface area contributed by atoms with Gasteiger partial charge in [-0.25, -0.2) is 0 Å². The highest BCUT2D eigenvalue weighted by Crippen LogP contribution is 2.06. The number of carbonyl (C=O) groups excluding carboxylic acids is 1. The minimum absolute atomic E-state index is 0.0610. The van der Waals surface area contributed by atoms with Gasteiger partial charge in [0.25, 0.3) is 0 Å². The van der Waals surface area contributed by atoms with Crippen LogP contribution in [0.15, 0.2) is 12.7 Å². The third kappa shape index (κ3) is 6.28. The molecule has 0 heterocycles. The van der Waals surface area contributed by atoms with Gasteiger partial charge < -0.3 is 10.6 Å². The summed E-state index contributed by atoms with van der Waals surface area (Å²) in [7, 11) is 0. The van der Waals surface area contributed by atoms with Crippen molar-refractivity contribution in [1.82, 2.24) is 10.6 Å². The quantitative estimate of drug-likeness (QED) is 0.499. The fraction of sp³-hybridized carbons (Fsp3) is 0.750. The van der Waals surface area contributed by atoms with Crippen LogP contribution in [0.2, 0.25) is 0 Å². The highest BCUT2D eigenvalue weighted by molar-refractivity contribution is 5.81. The van der Waals surface area contributed by atoms with Gasteiger partial charge in [0.2, 0.25) is 5.91 Å². The molecule has 1 amide bonds. The molecule has 0 aromatic heterocycles. The van der Waals surface area contributed by atoms with E-state index in [4.69, 9.17) is 0 Å². The molecular formula is C12H24N2O. The molecule has 0 spiro atoms. The molecule has 88 valence electrons. The lowest BCUT2D eigenvalue weighted by Gasteiger charge is -2.26. The maximum Gasteiger partial charge on any atom is 0.237 e. The second-order valence-corrected chi connectivity index (χ2v) is 4.48. The summed E-state index contributed by atoms with van der Waals surface area (Å²) in [5, 5.41) is 6.15. The maximum absolute atomic E-state index is 11.7. The van der Waals surface area contributed by atoms with Crippen molar-refractivity contribution in [3.8, 4) is 0 Å². The summed E-state index contributed by atoms with van der Waals surface area (Å²) in [4.78, 5) is 11.7. The van der Waals surface area contributed by atoms with E-state index in [1.807, 2.05) is 26.8 Å². The van der Waals surface area contributed by atoms with Gasteiger partial charge in [-0.2, -0.15) is 0 Å². The Hall–Kier alpha value is -0.830. The van der Waals surface area contributed by atoms with E-state index in [2.05, 4.69) is 24.1 Å². The third-order valence-corrected chi connectivity index (χ3v) is 2.54. The monoisotopic (exact) mass is 212 g/mol. The standard InChI is InChI=1S/C12H24N2O/c1-6-8-9-13-10(3)11(15)14-12(4,5)7-2/h6,10,13H,1,7-9H2,2-5H3,(H,14,15). The highest BCUT2D eigenvalue weighted by Gasteiger charge is 2.20. The van der Waals surface area contributed by atoms with Crippen molar-refractivity contribution in [1.29, 1.82) is 0 Å². The van der Waals surface area contributed by atoms with Gasteiger partial charge in [-0.15, -0.1) is 6.58 Å². The Labute approximate surface area is 93.3 Å². The smallest absolute Gasteiger partial charge is 0.237 e. The van der Waals surface area contributed by atoms with Gasteiger partial charge in [-0.1, -0.05) is 13.0 Å². The topological polar surface area (TPSA) is 41.1 Å². The largest absolute Gasteiger partial charge is 0.350 e. The van der Waals surface area contributed by atoms with E-state index in [0.29, 0.717) is 0 Å². The Bertz CT molecular complexity index is 212. The fourth-order valence-electron chi connectivity index (χ4n) is 1.02. The van der Waals surface area contributed by atoms with Gasteiger partial charge in [0.15, 0.2) is 0 Å². The average molecular weight is 212 g/mol. The normalized spacial score (nSPS) is 13.3. The molecule has 3 nitrogen and oxygen atoms in total. The van der Waals surface area contributed by atoms with E-state index < -0.39 is 0 Å². The van der Waals surface area contributed by atoms with Crippen molar-refractivity contribution in [2.24, 2.45) is 0 Å². The minimum atomic E-state index is -0.143. The van der Waals surface area contributed by atoms with Gasteiger partial charge in [-0.3, -0.25) is 4.79 Å². The van der Waals surface area contributed by atoms with Crippen molar-refractivity contribution in [2.45, 2.75) is 52.1 Å². The molecule has 0 radical (unpaired) electrons. The Morgan fingerprint density at radius 3 is 2.60 bits per heavy atom. The molecule has 15 heavy (non-hydrogen) atoms. The van der Waals surface area contributed by atoms with Crippen LogP contribution in [0.1, 0.15) is 40.5 Å². The summed E-state index contributed by atoms with van der Waals surface area (Å²) < 4.78 is 0. The predicted molar refractivity (Wildman–Crippen MR) is 64.8 cm³/mol. The van der Waals surface area contributed by atoms with Crippen molar-refractivity contribution in [3.05, 3.63) is 12.7 Å². The first-order valence-corrected chi connectivity index (χ1v) is 5.59. The Kier molecular flexibility index (Phi) is 6.25. The van der Waals surface area contributed by atoms with Crippen LogP contribution < -0.4 is 10.6 Å². The lowest BCUT2D eigenvalue weighted by molar-refractivity contribution is -0.124. The zero-order chi connectivity index (χ0) is 11.9. The van der Waals surface area contributed by atoms with Crippen LogP contribution in [-0.4, -0.2) is 24.0 Å². The van der Waals surface area contributed by atoms with Crippen LogP contribution in [0, 0.1) is 0 Å². The first kappa shape index (κ1) is 14.2. The molecule has 0 saturated heterocycles. The summed E-state index contributed by atoms with van der Waals surface area (Å²) in [5.74, 6) is 0.0610. The number of rotatable bonds is 7. The van der Waals surface area contributed by atoms with Crippen LogP contribution >= 0.6 is 0 Å². The molecular weight excluding hydrogens is 188 g/mol. The molecule has 0 aliphatic carbocycles. The number of carbonyl (C=O) groups is 1. The number of hydrogen-bond acceptors (Lipinski definition) is 2. The van der Waals surface area contributed by atoms with E-state index in [-0.39, 0.29) is 17.5 Å². The lowest BCUT2D eigenvalue weighted by Crippen LogP contribution is -2.50. The highest BCUT2D eigenvalue weighted by atomic mass is 16.2. The van der Waals surface area contributed by atoms with Crippen LogP contribution in [0.25, 0.3) is 0 Å². The predicted octanol–water partition coefficient (Wildman–Crippen LogP) is 1.85. The summed E-state index contributed by atoms with van der Waals surface area (Å²) in [6.45, 7) is 12.4. The SMILES string of the molecule is C=CCCNC(C)C(=O)NC(C)(C)CC. The molecule has 1 unspecified atom stereocenters. The van der Waals surface area contributed by atoms with Crippen molar-refractivity contribution in [2.75, 3.05) is 6.54 Å². The third-order valence-electron chi connectivity index (χ3n) is 2.54. The van der Waals surface area contributed by atoms with Crippen molar-refractivity contribution < 1.29 is 4.79 Å². The molecule has 0 fully saturated rings. The van der Waals surface area contributed by atoms with Crippen LogP contribution in [0.3, 0.4) is 0 Å². The molecule has 0 aliphatic heterocycles. The van der Waals surface area contributed by atoms with E-state index in [1.165, 1.54) is 0 Å². The minimum Gasteiger partial charge on any atom is -0.350 e. The Morgan fingerprint density at radius 1 is 1.53 bits per heavy atom. The molecule has 0 saturated carbocycles. The summed E-state index contributed by atoms with van der Waals surface area (Å²) in [6.07, 6.45) is 3.65. The van der Waals surface area contributed by atoms with Gasteiger partial charge >= 0.3 is 0 Å². The first-order chi connectivity index (χ1) is 6.93. The number of amides is 1. The molecule has 0 aliphatic rings. The molecule has 0 aromatic rings. The molecule has 0 aromatic carbocycles. The lowest BCUT2D eigenvalue weighted by atomic mass is 10.0. The van der Waals surface area contributed by atoms with Gasteiger partial charge in [0.05, 0.1) is 6.04 Å². The van der Waals surface area contributed by atoms with Crippen molar-refractivity contribution in [3.63, 3.8) is 0 Å². The zero-order valence-corrected chi connectivity index (χ0v) is 10.4. The molecule has 3 heteroatoms. The van der Waals surface area contributed by atoms with Gasteiger partial charge in [0.1, 0.15) is 0 Å². The van der Waals surface area contributed by atoms with Crippen LogP contribution in [0.5, 0.6) is 0 Å². The molecule has 0 bridgehead atoms. The first-order valence-electron chi connectivity index (χ1n) is 5.59. The fourth-order valence-corrected chi connectivity index (χ4v) is 1.02. The molecule has 2 N–H and O–H groups in total. The number of hydrogen-bond donors (Lipinski definition) is 2. The average Bonchev–Trinajstić information content (AvgIpc) is 2.17. The Balaban J connectivity index is 3.93. The van der Waals surface area contributed by atoms with E-state index in [9.17, 15) is 4.79 Å². The maximum atomic E-state index is 11.7. The zero-order valence-electron chi connectivity index (χ0n) is 10.4. The molecule has 1 atom stereocenters. The van der Waals surface area contributed by atoms with Crippen molar-refractivity contribution >= 4 is 5.91 Å². The van der Waals surface area contributed by atoms with Crippen LogP contribution in [0.4, 0.5) is 0 Å². The second kappa shape index (κ2) is 6.62. The molecule has 0 rings (SSSR count). The number of nitrogens with one attached hydrogen (secondary N) is 2. The van der Waals surface area contributed by atoms with Crippen LogP contribution in [-0.2, 0) is 4.79 Å². The van der Waals surface area contributed by atoms with Gasteiger partial charge in [0, 0.05) is 5.54 Å². The van der Waals surface area contributed by atoms with E-state index in [1.54, 1.807) is 0 Å². The Morgan fingerprint density at radius 2 is 2.13 bits per heavy atom. The second-order valence-electron chi connectivity index (χ2n) is 4.48. The van der Waals surface area contributed by atoms with E-state index in [0.717, 1.165) is 19.4 Å². The summed E-state index contributed by atoms with van der Waals surface area (Å²) >= 11 is 0. The summed E-state index contributed by atoms with van der Waals surface area (Å²) in [5.41, 5.74) is -0.120.